The van der Waals surface area contributed by atoms with Gasteiger partial charge in [0.2, 0.25) is 0 Å². The second-order valence-corrected chi connectivity index (χ2v) is 2.38. The molecule has 0 aromatic rings. The molecule has 1 rings (SSSR count). The lowest BCUT2D eigenvalue weighted by atomic mass is 10.3. The van der Waals surface area contributed by atoms with Crippen molar-refractivity contribution in [1.29, 1.82) is 0 Å². The van der Waals surface area contributed by atoms with Gasteiger partial charge in [-0.15, -0.1) is 0 Å². The first kappa shape index (κ1) is 8.54. The lowest BCUT2D eigenvalue weighted by Gasteiger charge is -2.01. The molecule has 0 unspecified atom stereocenters. The molecule has 3 heteroatoms. The van der Waals surface area contributed by atoms with Crippen LogP contribution in [0.4, 0.5) is 0 Å². The van der Waals surface area contributed by atoms with Gasteiger partial charge < -0.3 is 0 Å². The predicted octanol–water partition coefficient (Wildman–Crippen LogP) is 0.672. The quantitative estimate of drug-likeness (QED) is 0.421. The minimum absolute atomic E-state index is 0.344. The number of rotatable bonds is 1. The molecule has 1 heterocycles. The van der Waals surface area contributed by atoms with Gasteiger partial charge in [-0.25, -0.2) is 0 Å². The van der Waals surface area contributed by atoms with Crippen LogP contribution in [-0.2, 0) is 9.59 Å². The lowest BCUT2D eigenvalue weighted by Crippen LogP contribution is -2.24. The molecule has 0 aliphatic carbocycles. The minimum atomic E-state index is -0.344. The molecule has 0 N–H and O–H groups in total. The summed E-state index contributed by atoms with van der Waals surface area (Å²) in [5.41, 5.74) is 0. The van der Waals surface area contributed by atoms with Crippen LogP contribution in [0, 0.1) is 12.0 Å². The highest BCUT2D eigenvalue weighted by atomic mass is 16.2. The maximum Gasteiger partial charge on any atom is 0.265 e. The van der Waals surface area contributed by atoms with Crippen LogP contribution in [0.2, 0.25) is 0 Å². The van der Waals surface area contributed by atoms with Crippen LogP contribution in [0.15, 0.2) is 12.2 Å². The number of hydrogen-bond acceptors (Lipinski definition) is 2. The van der Waals surface area contributed by atoms with E-state index in [-0.39, 0.29) is 11.8 Å². The predicted molar refractivity (Wildman–Crippen MR) is 43.7 cm³/mol. The molecule has 0 spiro atoms. The molecule has 3 nitrogen and oxygen atoms in total. The van der Waals surface area contributed by atoms with Gasteiger partial charge in [-0.1, -0.05) is 12.8 Å². The molecule has 0 aromatic carbocycles. The van der Waals surface area contributed by atoms with E-state index in [0.717, 1.165) is 11.3 Å². The van der Waals surface area contributed by atoms with Gasteiger partial charge in [-0.2, -0.15) is 4.90 Å². The Hall–Kier alpha value is -1.56. The highest BCUT2D eigenvalue weighted by molar-refractivity contribution is 6.14. The van der Waals surface area contributed by atoms with Crippen molar-refractivity contribution < 1.29 is 9.59 Å². The van der Waals surface area contributed by atoms with Crippen molar-refractivity contribution in [1.82, 2.24) is 4.90 Å². The van der Waals surface area contributed by atoms with Crippen LogP contribution < -0.4 is 0 Å². The minimum Gasteiger partial charge on any atom is -0.268 e. The van der Waals surface area contributed by atoms with Gasteiger partial charge in [0.05, 0.1) is 0 Å². The fourth-order valence-corrected chi connectivity index (χ4v) is 0.770. The molecule has 0 radical (unpaired) electrons. The van der Waals surface area contributed by atoms with Crippen molar-refractivity contribution in [2.45, 2.75) is 19.8 Å². The van der Waals surface area contributed by atoms with E-state index in [1.807, 2.05) is 6.92 Å². The summed E-state index contributed by atoms with van der Waals surface area (Å²) in [5, 5.41) is 0. The van der Waals surface area contributed by atoms with E-state index in [4.69, 9.17) is 0 Å². The molecule has 1 aliphatic heterocycles. The zero-order chi connectivity index (χ0) is 8.97. The average Bonchev–Trinajstić information content (AvgIpc) is 2.35. The van der Waals surface area contributed by atoms with Crippen LogP contribution in [0.5, 0.6) is 0 Å². The standard InChI is InChI=1S/C9H9NO2/c1-2-3-4-7-10-8(11)5-6-9(10)12/h5-6H,2-3H2,1H3. The van der Waals surface area contributed by atoms with Crippen LogP contribution in [0.1, 0.15) is 19.8 Å². The Morgan fingerprint density at radius 2 is 1.92 bits per heavy atom. The Labute approximate surface area is 71.0 Å². The molecular formula is C9H9NO2. The fraction of sp³-hybridized carbons (Fsp3) is 0.333. The number of imide groups is 1. The van der Waals surface area contributed by atoms with Crippen molar-refractivity contribution in [2.24, 2.45) is 0 Å². The van der Waals surface area contributed by atoms with Crippen molar-refractivity contribution in [3.8, 4) is 12.0 Å². The van der Waals surface area contributed by atoms with Gasteiger partial charge in [0.15, 0.2) is 0 Å². The van der Waals surface area contributed by atoms with Crippen LogP contribution in [0.25, 0.3) is 0 Å². The summed E-state index contributed by atoms with van der Waals surface area (Å²) < 4.78 is 0. The normalized spacial score (nSPS) is 14.9. The van der Waals surface area contributed by atoms with E-state index in [9.17, 15) is 9.59 Å². The van der Waals surface area contributed by atoms with Crippen molar-refractivity contribution in [3.63, 3.8) is 0 Å². The van der Waals surface area contributed by atoms with E-state index < -0.39 is 0 Å². The third-order valence-corrected chi connectivity index (χ3v) is 1.38. The molecule has 2 amide bonds. The Morgan fingerprint density at radius 1 is 1.33 bits per heavy atom. The van der Waals surface area contributed by atoms with Crippen molar-refractivity contribution >= 4 is 11.8 Å². The van der Waals surface area contributed by atoms with E-state index >= 15 is 0 Å². The number of carbonyl (C=O) groups is 2. The summed E-state index contributed by atoms with van der Waals surface area (Å²) >= 11 is 0. The highest BCUT2D eigenvalue weighted by Crippen LogP contribution is 2.00. The van der Waals surface area contributed by atoms with E-state index in [1.165, 1.54) is 12.2 Å². The van der Waals surface area contributed by atoms with Gasteiger partial charge in [0.1, 0.15) is 0 Å². The van der Waals surface area contributed by atoms with Crippen molar-refractivity contribution in [2.75, 3.05) is 0 Å². The number of nitrogens with zero attached hydrogens (tertiary/aromatic N) is 1. The molecule has 1 aliphatic rings. The second-order valence-electron chi connectivity index (χ2n) is 2.38. The summed E-state index contributed by atoms with van der Waals surface area (Å²) in [5.74, 6) is 2.04. The van der Waals surface area contributed by atoms with Crippen molar-refractivity contribution in [3.05, 3.63) is 12.2 Å². The van der Waals surface area contributed by atoms with Crippen LogP contribution in [0.3, 0.4) is 0 Å². The van der Waals surface area contributed by atoms with E-state index in [0.29, 0.717) is 6.42 Å². The first-order chi connectivity index (χ1) is 5.75. The number of carbonyl (C=O) groups excluding carboxylic acids is 2. The fourth-order valence-electron chi connectivity index (χ4n) is 0.770. The van der Waals surface area contributed by atoms with Gasteiger partial charge in [0.25, 0.3) is 11.8 Å². The topological polar surface area (TPSA) is 37.4 Å². The molecule has 0 saturated heterocycles. The molecule has 62 valence electrons. The number of hydrogen-bond donors (Lipinski definition) is 0. The molecular weight excluding hydrogens is 154 g/mol. The third kappa shape index (κ3) is 1.73. The summed E-state index contributed by atoms with van der Waals surface area (Å²) in [7, 11) is 0. The molecule has 0 atom stereocenters. The monoisotopic (exact) mass is 163 g/mol. The maximum atomic E-state index is 10.9. The SMILES string of the molecule is CCCC#CN1C(=O)C=CC1=O. The summed E-state index contributed by atoms with van der Waals surface area (Å²) in [6.45, 7) is 1.99. The second kappa shape index (κ2) is 3.72. The summed E-state index contributed by atoms with van der Waals surface area (Å²) in [6.07, 6.45) is 4.08. The Bertz CT molecular complexity index is 275. The summed E-state index contributed by atoms with van der Waals surface area (Å²) in [6, 6.07) is 2.50. The van der Waals surface area contributed by atoms with Crippen LogP contribution >= 0.6 is 0 Å². The van der Waals surface area contributed by atoms with Gasteiger partial charge in [-0.3, -0.25) is 9.59 Å². The Kier molecular flexibility index (Phi) is 2.65. The number of amides is 2. The van der Waals surface area contributed by atoms with Gasteiger partial charge in [-0.05, 0) is 6.42 Å². The van der Waals surface area contributed by atoms with Crippen LogP contribution in [-0.4, -0.2) is 16.7 Å². The maximum absolute atomic E-state index is 10.9. The lowest BCUT2D eigenvalue weighted by molar-refractivity contribution is -0.132. The Balaban J connectivity index is 2.61. The Morgan fingerprint density at radius 3 is 2.42 bits per heavy atom. The largest absolute Gasteiger partial charge is 0.268 e. The molecule has 0 aromatic heterocycles. The highest BCUT2D eigenvalue weighted by Gasteiger charge is 2.20. The van der Waals surface area contributed by atoms with Gasteiger partial charge >= 0.3 is 0 Å². The molecule has 0 saturated carbocycles. The summed E-state index contributed by atoms with van der Waals surface area (Å²) in [4.78, 5) is 22.7. The zero-order valence-corrected chi connectivity index (χ0v) is 6.83. The number of unbranched alkanes of at least 4 members (excludes halogenated alkanes) is 1. The van der Waals surface area contributed by atoms with E-state index in [2.05, 4.69) is 12.0 Å². The first-order valence-corrected chi connectivity index (χ1v) is 3.80. The van der Waals surface area contributed by atoms with E-state index in [1.54, 1.807) is 0 Å². The molecule has 0 bridgehead atoms. The average molecular weight is 163 g/mol. The molecule has 0 fully saturated rings. The smallest absolute Gasteiger partial charge is 0.265 e. The first-order valence-electron chi connectivity index (χ1n) is 3.80. The zero-order valence-electron chi connectivity index (χ0n) is 6.83. The van der Waals surface area contributed by atoms with Gasteiger partial charge in [0, 0.05) is 24.6 Å². The molecule has 12 heavy (non-hydrogen) atoms. The third-order valence-electron chi connectivity index (χ3n) is 1.38.